The van der Waals surface area contributed by atoms with Crippen LogP contribution in [0.25, 0.3) is 0 Å². The SMILES string of the molecule is O=C(O)CCCCC1CSSC1. The number of carbonyl (C=O) groups is 1. The van der Waals surface area contributed by atoms with Crippen molar-refractivity contribution in [2.75, 3.05) is 11.5 Å². The molecule has 0 aromatic heterocycles. The number of aliphatic carboxylic acids is 1. The first-order valence-corrected chi connectivity index (χ1v) is 6.74. The van der Waals surface area contributed by atoms with E-state index in [2.05, 4.69) is 0 Å². The Morgan fingerprint density at radius 1 is 1.33 bits per heavy atom. The van der Waals surface area contributed by atoms with Crippen LogP contribution in [0.5, 0.6) is 0 Å². The first kappa shape index (κ1) is 10.3. The van der Waals surface area contributed by atoms with Gasteiger partial charge in [0.25, 0.3) is 0 Å². The molecule has 1 saturated heterocycles. The molecule has 0 amide bonds. The van der Waals surface area contributed by atoms with E-state index in [9.17, 15) is 4.79 Å². The van der Waals surface area contributed by atoms with Gasteiger partial charge < -0.3 is 5.11 Å². The summed E-state index contributed by atoms with van der Waals surface area (Å²) in [5, 5.41) is 8.40. The second kappa shape index (κ2) is 5.75. The molecule has 0 spiro atoms. The lowest BCUT2D eigenvalue weighted by Crippen LogP contribution is -2.01. The van der Waals surface area contributed by atoms with Crippen LogP contribution in [0.15, 0.2) is 0 Å². The molecular weight excluding hydrogens is 192 g/mol. The molecule has 1 aliphatic heterocycles. The molecule has 1 aliphatic rings. The number of hydrogen-bond acceptors (Lipinski definition) is 3. The molecule has 0 aliphatic carbocycles. The highest BCUT2D eigenvalue weighted by molar-refractivity contribution is 8.77. The van der Waals surface area contributed by atoms with Gasteiger partial charge in [0.05, 0.1) is 0 Å². The quantitative estimate of drug-likeness (QED) is 0.554. The maximum atomic E-state index is 10.2. The highest BCUT2D eigenvalue weighted by Gasteiger charge is 2.15. The molecule has 0 unspecified atom stereocenters. The zero-order valence-corrected chi connectivity index (χ0v) is 8.62. The molecule has 0 aromatic carbocycles. The smallest absolute Gasteiger partial charge is 0.303 e. The molecule has 0 radical (unpaired) electrons. The van der Waals surface area contributed by atoms with Crippen LogP contribution in [-0.2, 0) is 4.79 Å². The second-order valence-corrected chi connectivity index (χ2v) is 5.63. The maximum absolute atomic E-state index is 10.2. The van der Waals surface area contributed by atoms with E-state index >= 15 is 0 Å². The highest BCUT2D eigenvalue weighted by atomic mass is 33.1. The van der Waals surface area contributed by atoms with Gasteiger partial charge in [-0.3, -0.25) is 4.79 Å². The second-order valence-electron chi connectivity index (χ2n) is 3.07. The molecule has 0 bridgehead atoms. The van der Waals surface area contributed by atoms with E-state index in [1.54, 1.807) is 0 Å². The van der Waals surface area contributed by atoms with Crippen molar-refractivity contribution >= 4 is 27.6 Å². The summed E-state index contributed by atoms with van der Waals surface area (Å²) in [6.45, 7) is 0. The normalized spacial score (nSPS) is 18.3. The average Bonchev–Trinajstić information content (AvgIpc) is 2.49. The average molecular weight is 206 g/mol. The van der Waals surface area contributed by atoms with Gasteiger partial charge in [0, 0.05) is 17.9 Å². The minimum atomic E-state index is -0.662. The molecule has 4 heteroatoms. The first-order chi connectivity index (χ1) is 5.79. The van der Waals surface area contributed by atoms with E-state index < -0.39 is 5.97 Å². The standard InChI is InChI=1S/C8H14O2S2/c9-8(10)4-2-1-3-7-5-11-12-6-7/h7H,1-6H2,(H,9,10). The number of carboxylic acids is 1. The van der Waals surface area contributed by atoms with Crippen LogP contribution < -0.4 is 0 Å². The Hall–Kier alpha value is 0.170. The summed E-state index contributed by atoms with van der Waals surface area (Å²) in [6.07, 6.45) is 3.49. The summed E-state index contributed by atoms with van der Waals surface area (Å²) in [7, 11) is 3.89. The minimum Gasteiger partial charge on any atom is -0.481 e. The fourth-order valence-electron chi connectivity index (χ4n) is 1.21. The monoisotopic (exact) mass is 206 g/mol. The fourth-order valence-corrected chi connectivity index (χ4v) is 4.24. The first-order valence-electron chi connectivity index (χ1n) is 4.25. The highest BCUT2D eigenvalue weighted by Crippen LogP contribution is 2.36. The fraction of sp³-hybridized carbons (Fsp3) is 0.875. The summed E-state index contributed by atoms with van der Waals surface area (Å²) >= 11 is 0. The Kier molecular flexibility index (Phi) is 4.92. The Labute approximate surface area is 80.9 Å². The van der Waals surface area contributed by atoms with Gasteiger partial charge in [-0.1, -0.05) is 28.0 Å². The summed E-state index contributed by atoms with van der Waals surface area (Å²) in [5.41, 5.74) is 0. The molecule has 2 nitrogen and oxygen atoms in total. The van der Waals surface area contributed by atoms with Gasteiger partial charge in [-0.05, 0) is 18.8 Å². The van der Waals surface area contributed by atoms with Gasteiger partial charge in [-0.15, -0.1) is 0 Å². The molecule has 12 heavy (non-hydrogen) atoms. The van der Waals surface area contributed by atoms with Crippen LogP contribution in [0.2, 0.25) is 0 Å². The number of unbranched alkanes of at least 4 members (excludes halogenated alkanes) is 1. The van der Waals surface area contributed by atoms with Crippen LogP contribution >= 0.6 is 21.6 Å². The van der Waals surface area contributed by atoms with Gasteiger partial charge in [-0.2, -0.15) is 0 Å². The minimum absolute atomic E-state index is 0.340. The van der Waals surface area contributed by atoms with E-state index in [0.29, 0.717) is 6.42 Å². The summed E-state index contributed by atoms with van der Waals surface area (Å²) in [5.74, 6) is 2.70. The van der Waals surface area contributed by atoms with Crippen molar-refractivity contribution in [1.29, 1.82) is 0 Å². The molecule has 1 fully saturated rings. The van der Waals surface area contributed by atoms with Crippen molar-refractivity contribution in [2.45, 2.75) is 25.7 Å². The van der Waals surface area contributed by atoms with Gasteiger partial charge in [0.1, 0.15) is 0 Å². The molecule has 1 rings (SSSR count). The number of hydrogen-bond donors (Lipinski definition) is 1. The summed E-state index contributed by atoms with van der Waals surface area (Å²) in [6, 6.07) is 0. The Morgan fingerprint density at radius 2 is 2.00 bits per heavy atom. The topological polar surface area (TPSA) is 37.3 Å². The molecule has 0 atom stereocenters. The van der Waals surface area contributed by atoms with E-state index in [4.69, 9.17) is 5.11 Å². The van der Waals surface area contributed by atoms with E-state index in [-0.39, 0.29) is 0 Å². The van der Waals surface area contributed by atoms with Crippen LogP contribution in [0.4, 0.5) is 0 Å². The van der Waals surface area contributed by atoms with Crippen molar-refractivity contribution < 1.29 is 9.90 Å². The lowest BCUT2D eigenvalue weighted by atomic mass is 10.1. The molecule has 1 heterocycles. The lowest BCUT2D eigenvalue weighted by molar-refractivity contribution is -0.137. The van der Waals surface area contributed by atoms with Crippen molar-refractivity contribution in [3.05, 3.63) is 0 Å². The number of carboxylic acid groups (broad SMARTS) is 1. The summed E-state index contributed by atoms with van der Waals surface area (Å²) < 4.78 is 0. The predicted molar refractivity (Wildman–Crippen MR) is 54.5 cm³/mol. The van der Waals surface area contributed by atoms with E-state index in [1.165, 1.54) is 17.9 Å². The zero-order valence-electron chi connectivity index (χ0n) is 6.99. The molecular formula is C8H14O2S2. The maximum Gasteiger partial charge on any atom is 0.303 e. The van der Waals surface area contributed by atoms with Gasteiger partial charge in [-0.25, -0.2) is 0 Å². The van der Waals surface area contributed by atoms with Gasteiger partial charge in [0.15, 0.2) is 0 Å². The molecule has 0 aromatic rings. The summed E-state index contributed by atoms with van der Waals surface area (Å²) in [4.78, 5) is 10.2. The van der Waals surface area contributed by atoms with Crippen molar-refractivity contribution in [3.8, 4) is 0 Å². The van der Waals surface area contributed by atoms with Crippen LogP contribution in [-0.4, -0.2) is 22.6 Å². The molecule has 70 valence electrons. The number of rotatable bonds is 5. The van der Waals surface area contributed by atoms with Crippen LogP contribution in [0.1, 0.15) is 25.7 Å². The van der Waals surface area contributed by atoms with Crippen molar-refractivity contribution in [3.63, 3.8) is 0 Å². The van der Waals surface area contributed by atoms with Crippen molar-refractivity contribution in [1.82, 2.24) is 0 Å². The van der Waals surface area contributed by atoms with Gasteiger partial charge in [0.2, 0.25) is 0 Å². The third-order valence-electron chi connectivity index (χ3n) is 1.94. The Morgan fingerprint density at radius 3 is 2.58 bits per heavy atom. The van der Waals surface area contributed by atoms with Crippen molar-refractivity contribution in [2.24, 2.45) is 5.92 Å². The lowest BCUT2D eigenvalue weighted by Gasteiger charge is -2.04. The Balaban J connectivity index is 1.91. The van der Waals surface area contributed by atoms with E-state index in [0.717, 1.165) is 18.8 Å². The molecule has 0 saturated carbocycles. The zero-order chi connectivity index (χ0) is 8.81. The third kappa shape index (κ3) is 4.26. The third-order valence-corrected chi connectivity index (χ3v) is 4.64. The van der Waals surface area contributed by atoms with Gasteiger partial charge >= 0.3 is 5.97 Å². The predicted octanol–water partition coefficient (Wildman–Crippen LogP) is 2.64. The largest absolute Gasteiger partial charge is 0.481 e. The van der Waals surface area contributed by atoms with E-state index in [1.807, 2.05) is 21.6 Å². The Bertz CT molecular complexity index is 144. The van der Waals surface area contributed by atoms with Crippen LogP contribution in [0.3, 0.4) is 0 Å². The van der Waals surface area contributed by atoms with Crippen LogP contribution in [0, 0.1) is 5.92 Å². The molecule has 1 N–H and O–H groups in total.